The smallest absolute Gasteiger partial charge is 0.309 e. The molecule has 2 heteroatoms. The SMILES string of the molecule is Cc1ccc(CC(C)(C(=O)O)C(C)C)cc1C. The van der Waals surface area contributed by atoms with Crippen molar-refractivity contribution in [3.63, 3.8) is 0 Å². The largest absolute Gasteiger partial charge is 0.481 e. The summed E-state index contributed by atoms with van der Waals surface area (Å²) in [7, 11) is 0. The first kappa shape index (κ1) is 13.8. The third-order valence-corrected chi connectivity index (χ3v) is 3.91. The number of carboxylic acids is 1. The molecule has 1 aromatic carbocycles. The fraction of sp³-hybridized carbons (Fsp3) is 0.533. The summed E-state index contributed by atoms with van der Waals surface area (Å²) in [6.07, 6.45) is 0.584. The predicted molar refractivity (Wildman–Crippen MR) is 70.2 cm³/mol. The van der Waals surface area contributed by atoms with Gasteiger partial charge in [-0.1, -0.05) is 32.0 Å². The van der Waals surface area contributed by atoms with Gasteiger partial charge in [-0.2, -0.15) is 0 Å². The molecule has 2 nitrogen and oxygen atoms in total. The minimum absolute atomic E-state index is 0.113. The van der Waals surface area contributed by atoms with E-state index in [1.54, 1.807) is 0 Å². The van der Waals surface area contributed by atoms with Gasteiger partial charge in [0.1, 0.15) is 0 Å². The van der Waals surface area contributed by atoms with E-state index in [4.69, 9.17) is 0 Å². The van der Waals surface area contributed by atoms with Gasteiger partial charge in [-0.3, -0.25) is 4.79 Å². The molecule has 0 radical (unpaired) electrons. The maximum absolute atomic E-state index is 11.4. The molecule has 0 saturated carbocycles. The van der Waals surface area contributed by atoms with Crippen molar-refractivity contribution >= 4 is 5.97 Å². The highest BCUT2D eigenvalue weighted by molar-refractivity contribution is 5.75. The molecule has 1 rings (SSSR count). The van der Waals surface area contributed by atoms with Crippen molar-refractivity contribution in [2.45, 2.75) is 41.0 Å². The highest BCUT2D eigenvalue weighted by Gasteiger charge is 2.36. The third-order valence-electron chi connectivity index (χ3n) is 3.91. The van der Waals surface area contributed by atoms with Gasteiger partial charge < -0.3 is 5.11 Å². The maximum atomic E-state index is 11.4. The summed E-state index contributed by atoms with van der Waals surface area (Å²) < 4.78 is 0. The molecule has 0 saturated heterocycles. The molecule has 0 aromatic heterocycles. The van der Waals surface area contributed by atoms with Crippen molar-refractivity contribution < 1.29 is 9.90 Å². The van der Waals surface area contributed by atoms with Crippen LogP contribution in [0.15, 0.2) is 18.2 Å². The standard InChI is InChI=1S/C15H22O2/c1-10(2)15(5,14(16)17)9-13-7-6-11(3)12(4)8-13/h6-8,10H,9H2,1-5H3,(H,16,17). The highest BCUT2D eigenvalue weighted by atomic mass is 16.4. The van der Waals surface area contributed by atoms with Gasteiger partial charge in [0.2, 0.25) is 0 Å². The van der Waals surface area contributed by atoms with Crippen LogP contribution in [0.5, 0.6) is 0 Å². The van der Waals surface area contributed by atoms with Crippen molar-refractivity contribution in [2.24, 2.45) is 11.3 Å². The number of aliphatic carboxylic acids is 1. The zero-order valence-electron chi connectivity index (χ0n) is 11.4. The van der Waals surface area contributed by atoms with Crippen LogP contribution in [0.2, 0.25) is 0 Å². The Bertz CT molecular complexity index is 421. The lowest BCUT2D eigenvalue weighted by Gasteiger charge is -2.29. The molecular formula is C15H22O2. The lowest BCUT2D eigenvalue weighted by atomic mass is 9.74. The summed E-state index contributed by atoms with van der Waals surface area (Å²) in [5, 5.41) is 9.39. The number of benzene rings is 1. The summed E-state index contributed by atoms with van der Waals surface area (Å²) in [6, 6.07) is 6.19. The molecule has 1 aromatic rings. The van der Waals surface area contributed by atoms with Crippen molar-refractivity contribution in [1.82, 2.24) is 0 Å². The van der Waals surface area contributed by atoms with Gasteiger partial charge in [0.25, 0.3) is 0 Å². The van der Waals surface area contributed by atoms with Gasteiger partial charge in [-0.05, 0) is 49.8 Å². The Morgan fingerprint density at radius 3 is 2.29 bits per heavy atom. The van der Waals surface area contributed by atoms with E-state index in [2.05, 4.69) is 26.0 Å². The van der Waals surface area contributed by atoms with E-state index in [1.165, 1.54) is 11.1 Å². The third kappa shape index (κ3) is 2.87. The molecule has 0 aliphatic rings. The van der Waals surface area contributed by atoms with Crippen LogP contribution in [0, 0.1) is 25.2 Å². The van der Waals surface area contributed by atoms with Crippen LogP contribution in [0.1, 0.15) is 37.5 Å². The van der Waals surface area contributed by atoms with Gasteiger partial charge in [0.05, 0.1) is 5.41 Å². The Morgan fingerprint density at radius 1 is 1.29 bits per heavy atom. The number of hydrogen-bond donors (Lipinski definition) is 1. The Labute approximate surface area is 104 Å². The molecule has 17 heavy (non-hydrogen) atoms. The molecule has 1 unspecified atom stereocenters. The highest BCUT2D eigenvalue weighted by Crippen LogP contribution is 2.32. The molecular weight excluding hydrogens is 212 g/mol. The quantitative estimate of drug-likeness (QED) is 0.864. The normalized spacial score (nSPS) is 14.7. The van der Waals surface area contributed by atoms with Crippen LogP contribution in [0.4, 0.5) is 0 Å². The zero-order valence-corrected chi connectivity index (χ0v) is 11.4. The molecule has 0 spiro atoms. The molecule has 0 fully saturated rings. The summed E-state index contributed by atoms with van der Waals surface area (Å²) >= 11 is 0. The number of rotatable bonds is 4. The van der Waals surface area contributed by atoms with Gasteiger partial charge in [-0.15, -0.1) is 0 Å². The second-order valence-corrected chi connectivity index (χ2v) is 5.47. The second-order valence-electron chi connectivity index (χ2n) is 5.47. The summed E-state index contributed by atoms with van der Waals surface area (Å²) in [6.45, 7) is 9.89. The predicted octanol–water partition coefficient (Wildman–Crippen LogP) is 3.59. The molecule has 1 N–H and O–H groups in total. The summed E-state index contributed by atoms with van der Waals surface area (Å²) in [4.78, 5) is 11.4. The molecule has 94 valence electrons. The van der Waals surface area contributed by atoms with Crippen LogP contribution in [-0.2, 0) is 11.2 Å². The molecule has 0 amide bonds. The summed E-state index contributed by atoms with van der Waals surface area (Å²) in [5.41, 5.74) is 2.88. The first-order chi connectivity index (χ1) is 7.77. The molecule has 0 heterocycles. The Morgan fingerprint density at radius 2 is 1.88 bits per heavy atom. The second kappa shape index (κ2) is 4.91. The Kier molecular flexibility index (Phi) is 3.97. The van der Waals surface area contributed by atoms with Crippen LogP contribution in [0.25, 0.3) is 0 Å². The first-order valence-electron chi connectivity index (χ1n) is 6.07. The van der Waals surface area contributed by atoms with Crippen LogP contribution < -0.4 is 0 Å². The van der Waals surface area contributed by atoms with E-state index in [0.29, 0.717) is 6.42 Å². The first-order valence-corrected chi connectivity index (χ1v) is 6.07. The minimum Gasteiger partial charge on any atom is -0.481 e. The summed E-state index contributed by atoms with van der Waals surface area (Å²) in [5.74, 6) is -0.604. The number of carbonyl (C=O) groups is 1. The van der Waals surface area contributed by atoms with E-state index in [-0.39, 0.29) is 5.92 Å². The van der Waals surface area contributed by atoms with Crippen LogP contribution in [0.3, 0.4) is 0 Å². The number of aryl methyl sites for hydroxylation is 2. The molecule has 0 aliphatic carbocycles. The van der Waals surface area contributed by atoms with Gasteiger partial charge in [0.15, 0.2) is 0 Å². The topological polar surface area (TPSA) is 37.3 Å². The lowest BCUT2D eigenvalue weighted by Crippen LogP contribution is -2.35. The molecule has 0 aliphatic heterocycles. The van der Waals surface area contributed by atoms with Crippen molar-refractivity contribution in [3.05, 3.63) is 34.9 Å². The lowest BCUT2D eigenvalue weighted by molar-refractivity contribution is -0.150. The molecule has 0 bridgehead atoms. The monoisotopic (exact) mass is 234 g/mol. The van der Waals surface area contributed by atoms with Gasteiger partial charge >= 0.3 is 5.97 Å². The van der Waals surface area contributed by atoms with Gasteiger partial charge in [-0.25, -0.2) is 0 Å². The number of hydrogen-bond acceptors (Lipinski definition) is 1. The average Bonchev–Trinajstić information content (AvgIpc) is 2.22. The van der Waals surface area contributed by atoms with Crippen LogP contribution in [-0.4, -0.2) is 11.1 Å². The zero-order chi connectivity index (χ0) is 13.2. The van der Waals surface area contributed by atoms with E-state index >= 15 is 0 Å². The Hall–Kier alpha value is -1.31. The van der Waals surface area contributed by atoms with E-state index in [0.717, 1.165) is 5.56 Å². The van der Waals surface area contributed by atoms with Crippen molar-refractivity contribution in [2.75, 3.05) is 0 Å². The fourth-order valence-corrected chi connectivity index (χ4v) is 1.86. The molecule has 1 atom stereocenters. The van der Waals surface area contributed by atoms with Gasteiger partial charge in [0, 0.05) is 0 Å². The average molecular weight is 234 g/mol. The number of carboxylic acid groups (broad SMARTS) is 1. The van der Waals surface area contributed by atoms with E-state index < -0.39 is 11.4 Å². The Balaban J connectivity index is 3.02. The maximum Gasteiger partial charge on any atom is 0.309 e. The van der Waals surface area contributed by atoms with Crippen molar-refractivity contribution in [1.29, 1.82) is 0 Å². The minimum atomic E-state index is -0.717. The fourth-order valence-electron chi connectivity index (χ4n) is 1.86. The van der Waals surface area contributed by atoms with Crippen LogP contribution >= 0.6 is 0 Å². The van der Waals surface area contributed by atoms with E-state index in [9.17, 15) is 9.90 Å². The van der Waals surface area contributed by atoms with E-state index in [1.807, 2.05) is 26.8 Å². The van der Waals surface area contributed by atoms with Crippen molar-refractivity contribution in [3.8, 4) is 0 Å².